The summed E-state index contributed by atoms with van der Waals surface area (Å²) in [6.45, 7) is 6.00. The number of hydrogen-bond donors (Lipinski definition) is 0. The summed E-state index contributed by atoms with van der Waals surface area (Å²) in [6.07, 6.45) is 3.74. The Morgan fingerprint density at radius 1 is 0.955 bits per heavy atom. The lowest BCUT2D eigenvalue weighted by atomic mass is 10.2. The van der Waals surface area contributed by atoms with Crippen LogP contribution < -0.4 is 9.80 Å². The van der Waals surface area contributed by atoms with Crippen molar-refractivity contribution in [3.63, 3.8) is 0 Å². The van der Waals surface area contributed by atoms with E-state index >= 15 is 0 Å². The van der Waals surface area contributed by atoms with E-state index in [4.69, 9.17) is 0 Å². The molecule has 1 aromatic carbocycles. The molecule has 0 saturated carbocycles. The summed E-state index contributed by atoms with van der Waals surface area (Å²) in [7, 11) is 0. The van der Waals surface area contributed by atoms with E-state index in [1.54, 1.807) is 0 Å². The van der Waals surface area contributed by atoms with Gasteiger partial charge in [0, 0.05) is 44.3 Å². The minimum Gasteiger partial charge on any atom is -0.368 e. The van der Waals surface area contributed by atoms with Gasteiger partial charge < -0.3 is 9.80 Å². The van der Waals surface area contributed by atoms with Crippen LogP contribution in [-0.4, -0.2) is 40.8 Å². The first-order valence-electron chi connectivity index (χ1n) is 7.67. The number of benzene rings is 1. The van der Waals surface area contributed by atoms with Crippen LogP contribution in [0.4, 0.5) is 11.5 Å². The molecule has 1 saturated heterocycles. The van der Waals surface area contributed by atoms with E-state index in [9.17, 15) is 0 Å². The molecule has 0 spiro atoms. The Morgan fingerprint density at radius 3 is 2.45 bits per heavy atom. The number of aryl methyl sites for hydroxylation is 1. The Morgan fingerprint density at radius 2 is 1.68 bits per heavy atom. The first kappa shape index (κ1) is 13.1. The van der Waals surface area contributed by atoms with Crippen LogP contribution in [-0.2, 0) is 0 Å². The third kappa shape index (κ3) is 2.28. The number of para-hydroxylation sites is 1. The molecule has 0 unspecified atom stereocenters. The number of fused-ring (bicyclic) bond motifs is 1. The van der Waals surface area contributed by atoms with Crippen molar-refractivity contribution in [2.75, 3.05) is 36.0 Å². The summed E-state index contributed by atoms with van der Waals surface area (Å²) in [5.74, 6) is 1.04. The van der Waals surface area contributed by atoms with Gasteiger partial charge >= 0.3 is 0 Å². The van der Waals surface area contributed by atoms with Crippen molar-refractivity contribution < 1.29 is 0 Å². The number of anilines is 2. The maximum Gasteiger partial charge on any atom is 0.154 e. The minimum absolute atomic E-state index is 0.978. The molecular formula is C17H19N5. The lowest BCUT2D eigenvalue weighted by Gasteiger charge is -2.36. The Bertz CT molecular complexity index is 772. The number of piperazine rings is 1. The van der Waals surface area contributed by atoms with Crippen LogP contribution in [0.2, 0.25) is 0 Å². The predicted octanol–water partition coefficient (Wildman–Crippen LogP) is 2.36. The molecule has 1 fully saturated rings. The summed E-state index contributed by atoms with van der Waals surface area (Å²) in [4.78, 5) is 9.37. The Kier molecular flexibility index (Phi) is 3.18. The van der Waals surface area contributed by atoms with Crippen LogP contribution in [0.5, 0.6) is 0 Å². The van der Waals surface area contributed by atoms with Gasteiger partial charge in [-0.15, -0.1) is 0 Å². The lowest BCUT2D eigenvalue weighted by Crippen LogP contribution is -2.47. The van der Waals surface area contributed by atoms with E-state index in [1.807, 2.05) is 23.8 Å². The average Bonchev–Trinajstić information content (AvgIpc) is 2.96. The van der Waals surface area contributed by atoms with Crippen LogP contribution in [0.25, 0.3) is 5.52 Å². The van der Waals surface area contributed by atoms with Crippen molar-refractivity contribution in [2.45, 2.75) is 6.92 Å². The van der Waals surface area contributed by atoms with Gasteiger partial charge in [0.2, 0.25) is 0 Å². The zero-order valence-corrected chi connectivity index (χ0v) is 12.7. The van der Waals surface area contributed by atoms with Gasteiger partial charge in [-0.25, -0.2) is 9.50 Å². The molecule has 3 heterocycles. The van der Waals surface area contributed by atoms with Gasteiger partial charge in [0.1, 0.15) is 5.52 Å². The quantitative estimate of drug-likeness (QED) is 0.727. The summed E-state index contributed by atoms with van der Waals surface area (Å²) in [6, 6.07) is 12.7. The highest BCUT2D eigenvalue weighted by Gasteiger charge is 2.20. The van der Waals surface area contributed by atoms with E-state index in [0.29, 0.717) is 0 Å². The molecule has 112 valence electrons. The molecule has 1 aliphatic rings. The highest BCUT2D eigenvalue weighted by Crippen LogP contribution is 2.22. The summed E-state index contributed by atoms with van der Waals surface area (Å²) in [5, 5.41) is 4.47. The average molecular weight is 293 g/mol. The first-order chi connectivity index (χ1) is 10.8. The summed E-state index contributed by atoms with van der Waals surface area (Å²) in [5.41, 5.74) is 3.42. The summed E-state index contributed by atoms with van der Waals surface area (Å²) >= 11 is 0. The second-order valence-corrected chi connectivity index (χ2v) is 5.68. The van der Waals surface area contributed by atoms with Gasteiger partial charge in [0.15, 0.2) is 5.82 Å². The number of rotatable bonds is 2. The monoisotopic (exact) mass is 293 g/mol. The van der Waals surface area contributed by atoms with Crippen LogP contribution in [0.15, 0.2) is 48.8 Å². The van der Waals surface area contributed by atoms with E-state index in [2.05, 4.69) is 56.3 Å². The van der Waals surface area contributed by atoms with Crippen molar-refractivity contribution in [2.24, 2.45) is 0 Å². The molecule has 2 aromatic heterocycles. The topological polar surface area (TPSA) is 36.7 Å². The largest absolute Gasteiger partial charge is 0.368 e. The lowest BCUT2D eigenvalue weighted by molar-refractivity contribution is 0.647. The van der Waals surface area contributed by atoms with Crippen LogP contribution in [0.3, 0.4) is 0 Å². The van der Waals surface area contributed by atoms with E-state index in [1.165, 1.54) is 5.69 Å². The van der Waals surface area contributed by atoms with Crippen LogP contribution in [0, 0.1) is 6.92 Å². The van der Waals surface area contributed by atoms with Gasteiger partial charge in [-0.2, -0.15) is 5.10 Å². The van der Waals surface area contributed by atoms with E-state index in [-0.39, 0.29) is 0 Å². The van der Waals surface area contributed by atoms with Gasteiger partial charge in [-0.05, 0) is 25.1 Å². The number of nitrogens with zero attached hydrogens (tertiary/aromatic N) is 5. The molecule has 0 amide bonds. The van der Waals surface area contributed by atoms with E-state index < -0.39 is 0 Å². The van der Waals surface area contributed by atoms with Gasteiger partial charge in [-0.3, -0.25) is 0 Å². The van der Waals surface area contributed by atoms with Crippen LogP contribution in [0.1, 0.15) is 5.69 Å². The summed E-state index contributed by atoms with van der Waals surface area (Å²) < 4.78 is 1.92. The second-order valence-electron chi connectivity index (χ2n) is 5.68. The molecule has 0 atom stereocenters. The highest BCUT2D eigenvalue weighted by molar-refractivity contribution is 5.69. The Labute approximate surface area is 129 Å². The molecule has 5 heteroatoms. The Balaban J connectivity index is 1.56. The van der Waals surface area contributed by atoms with Gasteiger partial charge in [0.05, 0.1) is 5.69 Å². The zero-order chi connectivity index (χ0) is 14.9. The fourth-order valence-corrected chi connectivity index (χ4v) is 3.09. The van der Waals surface area contributed by atoms with Crippen molar-refractivity contribution >= 4 is 17.0 Å². The van der Waals surface area contributed by atoms with Crippen molar-refractivity contribution in [3.05, 3.63) is 54.5 Å². The molecule has 5 nitrogen and oxygen atoms in total. The van der Waals surface area contributed by atoms with Crippen molar-refractivity contribution in [1.29, 1.82) is 0 Å². The fraction of sp³-hybridized carbons (Fsp3) is 0.294. The molecule has 22 heavy (non-hydrogen) atoms. The van der Waals surface area contributed by atoms with E-state index in [0.717, 1.165) is 43.2 Å². The molecule has 0 bridgehead atoms. The standard InChI is InChI=1S/C17H19N5/c1-14-13-16-17(18-7-8-22(16)19-14)21-11-9-20(10-12-21)15-5-3-2-4-6-15/h2-8,13H,9-12H2,1H3. The maximum atomic E-state index is 4.59. The normalized spacial score (nSPS) is 15.5. The SMILES string of the molecule is Cc1cc2c(N3CCN(c4ccccc4)CC3)nccn2n1. The molecule has 4 rings (SSSR count). The van der Waals surface area contributed by atoms with Gasteiger partial charge in [0.25, 0.3) is 0 Å². The number of hydrogen-bond acceptors (Lipinski definition) is 4. The van der Waals surface area contributed by atoms with Crippen molar-refractivity contribution in [3.8, 4) is 0 Å². The van der Waals surface area contributed by atoms with Crippen LogP contribution >= 0.6 is 0 Å². The molecule has 3 aromatic rings. The highest BCUT2D eigenvalue weighted by atomic mass is 15.3. The molecule has 1 aliphatic heterocycles. The predicted molar refractivity (Wildman–Crippen MR) is 88.6 cm³/mol. The minimum atomic E-state index is 0.978. The molecule has 0 aliphatic carbocycles. The molecule has 0 N–H and O–H groups in total. The third-order valence-corrected chi connectivity index (χ3v) is 4.19. The second kappa shape index (κ2) is 5.33. The Hall–Kier alpha value is -2.56. The molecular weight excluding hydrogens is 274 g/mol. The maximum absolute atomic E-state index is 4.59. The molecule has 0 radical (unpaired) electrons. The van der Waals surface area contributed by atoms with Crippen molar-refractivity contribution in [1.82, 2.24) is 14.6 Å². The first-order valence-corrected chi connectivity index (χ1v) is 7.67. The third-order valence-electron chi connectivity index (χ3n) is 4.19. The number of aromatic nitrogens is 3. The smallest absolute Gasteiger partial charge is 0.154 e. The van der Waals surface area contributed by atoms with Gasteiger partial charge in [-0.1, -0.05) is 18.2 Å². The zero-order valence-electron chi connectivity index (χ0n) is 12.7. The fourth-order valence-electron chi connectivity index (χ4n) is 3.09.